The van der Waals surface area contributed by atoms with Crippen molar-refractivity contribution in [2.45, 2.75) is 38.6 Å². The molecule has 28 heavy (non-hydrogen) atoms. The van der Waals surface area contributed by atoms with Crippen LogP contribution < -0.4 is 10.6 Å². The molecule has 2 amide bonds. The number of carbonyl (C=O) groups is 2. The summed E-state index contributed by atoms with van der Waals surface area (Å²) >= 11 is 3.26. The molecule has 0 aliphatic carbocycles. The Morgan fingerprint density at radius 3 is 2.71 bits per heavy atom. The monoisotopic (exact) mass is 419 g/mol. The Morgan fingerprint density at radius 1 is 1.21 bits per heavy atom. The number of hydrogen-bond acceptors (Lipinski definition) is 5. The van der Waals surface area contributed by atoms with Crippen LogP contribution >= 0.6 is 22.7 Å². The number of carbonyl (C=O) groups excluding carboxylic acids is 2. The van der Waals surface area contributed by atoms with Gasteiger partial charge in [0.15, 0.2) is 0 Å². The van der Waals surface area contributed by atoms with Crippen LogP contribution in [0.1, 0.15) is 53.9 Å². The summed E-state index contributed by atoms with van der Waals surface area (Å²) in [6.45, 7) is 5.66. The molecule has 2 aromatic heterocycles. The first kappa shape index (κ1) is 21.0. The maximum Gasteiger partial charge on any atom is 0.252 e. The first-order valence-electron chi connectivity index (χ1n) is 9.98. The van der Waals surface area contributed by atoms with Crippen molar-refractivity contribution in [3.8, 4) is 0 Å². The molecule has 3 rings (SSSR count). The van der Waals surface area contributed by atoms with Crippen molar-refractivity contribution < 1.29 is 9.59 Å². The predicted octanol–water partition coefficient (Wildman–Crippen LogP) is 3.91. The second-order valence-electron chi connectivity index (χ2n) is 7.43. The van der Waals surface area contributed by atoms with Crippen LogP contribution in [0, 0.1) is 5.92 Å². The minimum Gasteiger partial charge on any atom is -0.354 e. The molecule has 1 aliphatic heterocycles. The number of rotatable bonds is 9. The molecule has 0 spiro atoms. The number of nitrogens with zero attached hydrogens (tertiary/aromatic N) is 1. The molecule has 2 aromatic rings. The van der Waals surface area contributed by atoms with Crippen LogP contribution in [0.5, 0.6) is 0 Å². The zero-order chi connectivity index (χ0) is 19.8. The van der Waals surface area contributed by atoms with Crippen LogP contribution in [0.3, 0.4) is 0 Å². The normalized spacial score (nSPS) is 16.6. The third kappa shape index (κ3) is 6.15. The highest BCUT2D eigenvalue weighted by atomic mass is 32.1. The first-order chi connectivity index (χ1) is 13.6. The van der Waals surface area contributed by atoms with Crippen LogP contribution in [0.4, 0.5) is 0 Å². The smallest absolute Gasteiger partial charge is 0.252 e. The molecule has 0 bridgehead atoms. The average molecular weight is 420 g/mol. The van der Waals surface area contributed by atoms with Crippen LogP contribution in [0.2, 0.25) is 0 Å². The van der Waals surface area contributed by atoms with E-state index in [1.165, 1.54) is 29.1 Å². The predicted molar refractivity (Wildman–Crippen MR) is 116 cm³/mol. The van der Waals surface area contributed by atoms with Gasteiger partial charge in [-0.1, -0.05) is 13.0 Å². The van der Waals surface area contributed by atoms with Gasteiger partial charge in [-0.15, -0.1) is 11.3 Å². The molecule has 1 unspecified atom stereocenters. The van der Waals surface area contributed by atoms with Crippen molar-refractivity contribution in [3.63, 3.8) is 0 Å². The summed E-state index contributed by atoms with van der Waals surface area (Å²) in [7, 11) is 0. The van der Waals surface area contributed by atoms with Crippen LogP contribution in [0.15, 0.2) is 34.3 Å². The third-order valence-corrected chi connectivity index (χ3v) is 6.93. The Labute approximate surface area is 175 Å². The van der Waals surface area contributed by atoms with E-state index in [2.05, 4.69) is 40.0 Å². The molecule has 2 N–H and O–H groups in total. The maximum atomic E-state index is 12.3. The molecule has 1 aliphatic rings. The van der Waals surface area contributed by atoms with Gasteiger partial charge in [-0.3, -0.25) is 14.5 Å². The largest absolute Gasteiger partial charge is 0.354 e. The van der Waals surface area contributed by atoms with Gasteiger partial charge < -0.3 is 10.6 Å². The second kappa shape index (κ2) is 10.7. The Hall–Kier alpha value is -1.70. The molecule has 5 nitrogen and oxygen atoms in total. The van der Waals surface area contributed by atoms with E-state index in [0.717, 1.165) is 19.0 Å². The van der Waals surface area contributed by atoms with Crippen LogP contribution in [-0.2, 0) is 4.79 Å². The van der Waals surface area contributed by atoms with Crippen molar-refractivity contribution in [2.24, 2.45) is 5.92 Å². The summed E-state index contributed by atoms with van der Waals surface area (Å²) in [5.74, 6) is 0.773. The van der Waals surface area contributed by atoms with E-state index in [-0.39, 0.29) is 17.9 Å². The number of piperidine rings is 1. The van der Waals surface area contributed by atoms with E-state index in [9.17, 15) is 9.59 Å². The highest BCUT2D eigenvalue weighted by molar-refractivity contribution is 7.10. The molecular formula is C21H29N3O2S2. The van der Waals surface area contributed by atoms with Gasteiger partial charge in [0.2, 0.25) is 5.91 Å². The van der Waals surface area contributed by atoms with Gasteiger partial charge in [-0.2, -0.15) is 11.3 Å². The quantitative estimate of drug-likeness (QED) is 0.606. The first-order valence-corrected chi connectivity index (χ1v) is 11.8. The van der Waals surface area contributed by atoms with E-state index in [1.54, 1.807) is 17.4 Å². The van der Waals surface area contributed by atoms with E-state index in [1.807, 2.05) is 10.8 Å². The highest BCUT2D eigenvalue weighted by Gasteiger charge is 2.25. The van der Waals surface area contributed by atoms with Crippen molar-refractivity contribution in [1.82, 2.24) is 15.5 Å². The highest BCUT2D eigenvalue weighted by Crippen LogP contribution is 2.29. The molecule has 0 radical (unpaired) electrons. The fourth-order valence-electron chi connectivity index (χ4n) is 3.48. The number of thiophene rings is 2. The Balaban J connectivity index is 1.40. The minimum atomic E-state index is -0.0706. The van der Waals surface area contributed by atoms with Crippen LogP contribution in [-0.4, -0.2) is 42.9 Å². The van der Waals surface area contributed by atoms with Crippen molar-refractivity contribution in [1.29, 1.82) is 0 Å². The Bertz CT molecular complexity index is 723. The third-order valence-electron chi connectivity index (χ3n) is 5.27. The number of hydrogen-bond donors (Lipinski definition) is 2. The molecule has 1 fully saturated rings. The summed E-state index contributed by atoms with van der Waals surface area (Å²) < 4.78 is 0. The zero-order valence-corrected chi connectivity index (χ0v) is 18.0. The van der Waals surface area contributed by atoms with Crippen molar-refractivity contribution in [3.05, 3.63) is 44.8 Å². The Kier molecular flexibility index (Phi) is 8.06. The summed E-state index contributed by atoms with van der Waals surface area (Å²) in [5, 5.41) is 11.8. The van der Waals surface area contributed by atoms with E-state index in [4.69, 9.17) is 0 Å². The van der Waals surface area contributed by atoms with Crippen LogP contribution in [0.25, 0.3) is 0 Å². The standard InChI is InChI=1S/C21H29N3O2S2/c1-16-6-10-24(11-7-16)18(19-4-3-12-28-19)14-23-20(25)5-2-9-22-21(26)17-8-13-27-15-17/h3-4,8,12-13,15-16,18H,2,5-7,9-11,14H2,1H3,(H,22,26)(H,23,25). The van der Waals surface area contributed by atoms with Gasteiger partial charge in [0, 0.05) is 35.3 Å². The second-order valence-corrected chi connectivity index (χ2v) is 9.18. The number of nitrogens with one attached hydrogen (secondary N) is 2. The lowest BCUT2D eigenvalue weighted by atomic mass is 9.97. The summed E-state index contributed by atoms with van der Waals surface area (Å²) in [6, 6.07) is 6.31. The summed E-state index contributed by atoms with van der Waals surface area (Å²) in [6.07, 6.45) is 3.52. The van der Waals surface area contributed by atoms with E-state index >= 15 is 0 Å². The zero-order valence-electron chi connectivity index (χ0n) is 16.4. The molecule has 7 heteroatoms. The summed E-state index contributed by atoms with van der Waals surface area (Å²) in [5.41, 5.74) is 0.684. The fourth-order valence-corrected chi connectivity index (χ4v) is 4.97. The molecule has 0 saturated carbocycles. The van der Waals surface area contributed by atoms with E-state index < -0.39 is 0 Å². The molecule has 0 aromatic carbocycles. The van der Waals surface area contributed by atoms with Gasteiger partial charge in [0.25, 0.3) is 5.91 Å². The van der Waals surface area contributed by atoms with Gasteiger partial charge in [-0.05, 0) is 61.2 Å². The minimum absolute atomic E-state index is 0.0525. The Morgan fingerprint density at radius 2 is 2.04 bits per heavy atom. The van der Waals surface area contributed by atoms with Gasteiger partial charge >= 0.3 is 0 Å². The SMILES string of the molecule is CC1CCN(C(CNC(=O)CCCNC(=O)c2ccsc2)c2cccs2)CC1. The molecule has 152 valence electrons. The molecule has 1 saturated heterocycles. The van der Waals surface area contributed by atoms with Gasteiger partial charge in [0.05, 0.1) is 6.04 Å². The topological polar surface area (TPSA) is 61.4 Å². The van der Waals surface area contributed by atoms with Gasteiger partial charge in [0.1, 0.15) is 0 Å². The maximum absolute atomic E-state index is 12.3. The lowest BCUT2D eigenvalue weighted by molar-refractivity contribution is -0.121. The summed E-state index contributed by atoms with van der Waals surface area (Å²) in [4.78, 5) is 28.0. The van der Waals surface area contributed by atoms with Crippen molar-refractivity contribution in [2.75, 3.05) is 26.2 Å². The number of likely N-dealkylation sites (tertiary alicyclic amines) is 1. The fraction of sp³-hybridized carbons (Fsp3) is 0.524. The molecule has 1 atom stereocenters. The van der Waals surface area contributed by atoms with Crippen molar-refractivity contribution >= 4 is 34.5 Å². The average Bonchev–Trinajstić information content (AvgIpc) is 3.41. The lowest BCUT2D eigenvalue weighted by Gasteiger charge is -2.36. The van der Waals surface area contributed by atoms with Gasteiger partial charge in [-0.25, -0.2) is 0 Å². The number of amides is 2. The molecular weight excluding hydrogens is 390 g/mol. The van der Waals surface area contributed by atoms with E-state index in [0.29, 0.717) is 31.5 Å². The molecule has 3 heterocycles. The lowest BCUT2D eigenvalue weighted by Crippen LogP contribution is -2.41.